The highest BCUT2D eigenvalue weighted by Gasteiger charge is 2.28. The van der Waals surface area contributed by atoms with Crippen LogP contribution in [0.1, 0.15) is 6.42 Å². The highest BCUT2D eigenvalue weighted by atomic mass is 32.2. The number of sulfone groups is 1. The molecule has 3 rings (SSSR count). The summed E-state index contributed by atoms with van der Waals surface area (Å²) in [6.07, 6.45) is 1.96. The zero-order chi connectivity index (χ0) is 15.6. The first kappa shape index (κ1) is 14.6. The number of anilines is 3. The van der Waals surface area contributed by atoms with Gasteiger partial charge in [0.2, 0.25) is 5.95 Å². The molecule has 9 heteroatoms. The van der Waals surface area contributed by atoms with Crippen LogP contribution in [0.2, 0.25) is 0 Å². The van der Waals surface area contributed by atoms with Gasteiger partial charge >= 0.3 is 0 Å². The minimum atomic E-state index is -2.97. The molecule has 1 aromatic heterocycles. The molecule has 1 saturated heterocycles. The van der Waals surface area contributed by atoms with E-state index < -0.39 is 9.84 Å². The van der Waals surface area contributed by atoms with Crippen molar-refractivity contribution in [1.82, 2.24) is 15.2 Å². The number of nitrogens with zero attached hydrogens (tertiary/aromatic N) is 3. The fourth-order valence-corrected chi connectivity index (χ4v) is 3.87. The molecular formula is C13H14FN5O2S. The predicted octanol–water partition coefficient (Wildman–Crippen LogP) is 1.35. The van der Waals surface area contributed by atoms with Gasteiger partial charge in [0.25, 0.3) is 0 Å². The summed E-state index contributed by atoms with van der Waals surface area (Å²) in [5.41, 5.74) is 0.663. The molecule has 2 N–H and O–H groups in total. The van der Waals surface area contributed by atoms with Crippen LogP contribution in [-0.4, -0.2) is 41.1 Å². The van der Waals surface area contributed by atoms with Crippen molar-refractivity contribution in [2.24, 2.45) is 0 Å². The third-order valence-electron chi connectivity index (χ3n) is 3.24. The monoisotopic (exact) mass is 323 g/mol. The van der Waals surface area contributed by atoms with Gasteiger partial charge in [-0.3, -0.25) is 0 Å². The van der Waals surface area contributed by atoms with E-state index in [1.165, 1.54) is 18.3 Å². The van der Waals surface area contributed by atoms with Gasteiger partial charge in [-0.2, -0.15) is 10.1 Å². The average Bonchev–Trinajstić information content (AvgIpc) is 2.81. The first-order valence-electron chi connectivity index (χ1n) is 6.69. The molecule has 116 valence electrons. The van der Waals surface area contributed by atoms with Crippen LogP contribution in [0.5, 0.6) is 0 Å². The minimum absolute atomic E-state index is 0.0754. The molecule has 1 aromatic carbocycles. The van der Waals surface area contributed by atoms with E-state index in [2.05, 4.69) is 25.8 Å². The maximum Gasteiger partial charge on any atom is 0.244 e. The van der Waals surface area contributed by atoms with Crippen molar-refractivity contribution >= 4 is 27.3 Å². The van der Waals surface area contributed by atoms with Gasteiger partial charge in [0.05, 0.1) is 17.7 Å². The smallest absolute Gasteiger partial charge is 0.244 e. The molecule has 0 amide bonds. The average molecular weight is 323 g/mol. The fraction of sp³-hybridized carbons (Fsp3) is 0.308. The number of hydrogen-bond acceptors (Lipinski definition) is 7. The molecule has 0 bridgehead atoms. The molecule has 0 radical (unpaired) electrons. The molecule has 22 heavy (non-hydrogen) atoms. The van der Waals surface area contributed by atoms with Gasteiger partial charge in [0.15, 0.2) is 15.7 Å². The van der Waals surface area contributed by atoms with Crippen LogP contribution in [0.15, 0.2) is 30.5 Å². The van der Waals surface area contributed by atoms with Crippen molar-refractivity contribution < 1.29 is 12.8 Å². The standard InChI is InChI=1S/C13H14FN5O2S/c14-9-1-3-10(4-2-9)16-12-7-15-19-13(18-12)17-11-5-6-22(20,21)8-11/h1-4,7,11H,5-6,8H2,(H2,16,17,18,19). The summed E-state index contributed by atoms with van der Waals surface area (Å²) in [5.74, 6) is 0.618. The summed E-state index contributed by atoms with van der Waals surface area (Å²) in [6.45, 7) is 0. The summed E-state index contributed by atoms with van der Waals surface area (Å²) in [5, 5.41) is 13.6. The van der Waals surface area contributed by atoms with Gasteiger partial charge in [-0.15, -0.1) is 5.10 Å². The number of rotatable bonds is 4. The first-order chi connectivity index (χ1) is 10.5. The van der Waals surface area contributed by atoms with Crippen molar-refractivity contribution in [3.8, 4) is 0 Å². The number of nitrogens with one attached hydrogen (secondary N) is 2. The van der Waals surface area contributed by atoms with Crippen LogP contribution in [0.3, 0.4) is 0 Å². The van der Waals surface area contributed by atoms with Crippen molar-refractivity contribution in [3.05, 3.63) is 36.3 Å². The Labute approximate surface area is 126 Å². The van der Waals surface area contributed by atoms with Crippen LogP contribution in [-0.2, 0) is 9.84 Å². The van der Waals surface area contributed by atoms with E-state index in [1.807, 2.05) is 0 Å². The molecule has 7 nitrogen and oxygen atoms in total. The Balaban J connectivity index is 1.68. The second-order valence-corrected chi connectivity index (χ2v) is 7.27. The Morgan fingerprint density at radius 1 is 1.23 bits per heavy atom. The van der Waals surface area contributed by atoms with Crippen LogP contribution >= 0.6 is 0 Å². The maximum atomic E-state index is 12.9. The topological polar surface area (TPSA) is 96.9 Å². The zero-order valence-corrected chi connectivity index (χ0v) is 12.3. The third kappa shape index (κ3) is 3.67. The lowest BCUT2D eigenvalue weighted by atomic mass is 10.3. The Bertz CT molecular complexity index is 766. The molecule has 1 unspecified atom stereocenters. The second kappa shape index (κ2) is 5.84. The quantitative estimate of drug-likeness (QED) is 0.876. The van der Waals surface area contributed by atoms with E-state index in [-0.39, 0.29) is 29.3 Å². The number of halogens is 1. The summed E-state index contributed by atoms with van der Waals surface area (Å²) in [4.78, 5) is 4.22. The Morgan fingerprint density at radius 2 is 2.00 bits per heavy atom. The van der Waals surface area contributed by atoms with E-state index in [1.54, 1.807) is 12.1 Å². The van der Waals surface area contributed by atoms with Crippen LogP contribution < -0.4 is 10.6 Å². The summed E-state index contributed by atoms with van der Waals surface area (Å²) < 4.78 is 35.7. The molecule has 1 fully saturated rings. The van der Waals surface area contributed by atoms with Crippen LogP contribution in [0.4, 0.5) is 21.8 Å². The van der Waals surface area contributed by atoms with Gasteiger partial charge in [-0.1, -0.05) is 0 Å². The predicted molar refractivity (Wildman–Crippen MR) is 80.2 cm³/mol. The highest BCUT2D eigenvalue weighted by Crippen LogP contribution is 2.17. The molecule has 1 aliphatic rings. The normalized spacial score (nSPS) is 19.8. The van der Waals surface area contributed by atoms with E-state index in [9.17, 15) is 12.8 Å². The maximum absolute atomic E-state index is 12.9. The summed E-state index contributed by atoms with van der Waals surface area (Å²) in [6, 6.07) is 5.62. The van der Waals surface area contributed by atoms with Gasteiger partial charge in [0, 0.05) is 11.7 Å². The van der Waals surface area contributed by atoms with Crippen LogP contribution in [0, 0.1) is 5.82 Å². The molecule has 2 aromatic rings. The van der Waals surface area contributed by atoms with Crippen molar-refractivity contribution in [2.75, 3.05) is 22.1 Å². The second-order valence-electron chi connectivity index (χ2n) is 5.04. The summed E-state index contributed by atoms with van der Waals surface area (Å²) >= 11 is 0. The van der Waals surface area contributed by atoms with Gasteiger partial charge in [0.1, 0.15) is 5.82 Å². The van der Waals surface area contributed by atoms with E-state index in [0.717, 1.165) is 0 Å². The van der Waals surface area contributed by atoms with Gasteiger partial charge in [-0.25, -0.2) is 12.8 Å². The largest absolute Gasteiger partial charge is 0.349 e. The van der Waals surface area contributed by atoms with Gasteiger partial charge in [-0.05, 0) is 30.7 Å². The van der Waals surface area contributed by atoms with E-state index in [4.69, 9.17) is 0 Å². The molecule has 1 atom stereocenters. The van der Waals surface area contributed by atoms with E-state index >= 15 is 0 Å². The lowest BCUT2D eigenvalue weighted by Crippen LogP contribution is -2.22. The minimum Gasteiger partial charge on any atom is -0.349 e. The molecule has 1 aliphatic heterocycles. The highest BCUT2D eigenvalue weighted by molar-refractivity contribution is 7.91. The lowest BCUT2D eigenvalue weighted by molar-refractivity contribution is 0.602. The van der Waals surface area contributed by atoms with Crippen molar-refractivity contribution in [2.45, 2.75) is 12.5 Å². The van der Waals surface area contributed by atoms with Crippen molar-refractivity contribution in [1.29, 1.82) is 0 Å². The number of benzene rings is 1. The molecule has 2 heterocycles. The number of hydrogen-bond donors (Lipinski definition) is 2. The fourth-order valence-electron chi connectivity index (χ4n) is 2.20. The Hall–Kier alpha value is -2.29. The molecular weight excluding hydrogens is 309 g/mol. The zero-order valence-electron chi connectivity index (χ0n) is 11.5. The SMILES string of the molecule is O=S1(=O)CCC(Nc2nncc(Nc3ccc(F)cc3)n2)C1. The number of aromatic nitrogens is 3. The Morgan fingerprint density at radius 3 is 2.68 bits per heavy atom. The van der Waals surface area contributed by atoms with Crippen LogP contribution in [0.25, 0.3) is 0 Å². The third-order valence-corrected chi connectivity index (χ3v) is 5.01. The molecule has 0 spiro atoms. The molecule has 0 saturated carbocycles. The van der Waals surface area contributed by atoms with E-state index in [0.29, 0.717) is 17.9 Å². The first-order valence-corrected chi connectivity index (χ1v) is 8.52. The van der Waals surface area contributed by atoms with Gasteiger partial charge < -0.3 is 10.6 Å². The summed E-state index contributed by atoms with van der Waals surface area (Å²) in [7, 11) is -2.97. The van der Waals surface area contributed by atoms with Crippen molar-refractivity contribution in [3.63, 3.8) is 0 Å². The lowest BCUT2D eigenvalue weighted by Gasteiger charge is -2.11. The Kier molecular flexibility index (Phi) is 3.88. The molecule has 0 aliphatic carbocycles.